The Morgan fingerprint density at radius 2 is 2.04 bits per heavy atom. The third kappa shape index (κ3) is 3.42. The molecule has 0 amide bonds. The second kappa shape index (κ2) is 6.03. The second-order valence-electron chi connectivity index (χ2n) is 5.33. The van der Waals surface area contributed by atoms with E-state index in [-0.39, 0.29) is 12.2 Å². The Morgan fingerprint density at radius 1 is 1.25 bits per heavy atom. The highest BCUT2D eigenvalue weighted by atomic mass is 19.4. The quantitative estimate of drug-likeness (QED) is 0.734. The van der Waals surface area contributed by atoms with Crippen LogP contribution in [0.1, 0.15) is 29.2 Å². The normalized spacial score (nSPS) is 11.8. The van der Waals surface area contributed by atoms with E-state index in [4.69, 9.17) is 0 Å². The summed E-state index contributed by atoms with van der Waals surface area (Å²) in [6.45, 7) is 5.72. The summed E-state index contributed by atoms with van der Waals surface area (Å²) in [5.74, 6) is 0.166. The van der Waals surface area contributed by atoms with Gasteiger partial charge in [0.05, 0.1) is 12.1 Å². The summed E-state index contributed by atoms with van der Waals surface area (Å²) in [6, 6.07) is 3.59. The number of aromatic nitrogens is 5. The Bertz CT molecular complexity index is 898. The lowest BCUT2D eigenvalue weighted by molar-refractivity contribution is -0.134. The first-order valence-corrected chi connectivity index (χ1v) is 7.23. The van der Waals surface area contributed by atoms with E-state index in [0.717, 1.165) is 0 Å². The average Bonchev–Trinajstić information content (AvgIpc) is 2.99. The molecule has 3 aromatic rings. The molecule has 0 atom stereocenters. The van der Waals surface area contributed by atoms with Crippen LogP contribution in [0.4, 0.5) is 13.2 Å². The maximum absolute atomic E-state index is 12.3. The van der Waals surface area contributed by atoms with Crippen LogP contribution in [0.2, 0.25) is 0 Å². The minimum absolute atomic E-state index is 0.166. The van der Waals surface area contributed by atoms with Gasteiger partial charge in [-0.1, -0.05) is 6.58 Å². The van der Waals surface area contributed by atoms with Crippen molar-refractivity contribution < 1.29 is 13.2 Å². The van der Waals surface area contributed by atoms with Gasteiger partial charge in [0, 0.05) is 41.8 Å². The number of hydrogen-bond donors (Lipinski definition) is 0. The molecule has 0 N–H and O–H groups in total. The Morgan fingerprint density at radius 3 is 2.75 bits per heavy atom. The molecule has 124 valence electrons. The molecule has 0 saturated carbocycles. The van der Waals surface area contributed by atoms with Crippen molar-refractivity contribution in [3.05, 3.63) is 60.1 Å². The zero-order valence-electron chi connectivity index (χ0n) is 12.9. The second-order valence-corrected chi connectivity index (χ2v) is 5.33. The molecule has 0 aliphatic carbocycles. The number of imidazole rings is 1. The fourth-order valence-corrected chi connectivity index (χ4v) is 2.30. The van der Waals surface area contributed by atoms with Crippen molar-refractivity contribution in [2.24, 2.45) is 0 Å². The van der Waals surface area contributed by atoms with Crippen molar-refractivity contribution in [3.8, 4) is 0 Å². The number of hydrogen-bond acceptors (Lipinski definition) is 4. The summed E-state index contributed by atoms with van der Waals surface area (Å²) in [4.78, 5) is 12.3. The molecular weight excluding hydrogens is 319 g/mol. The molecule has 0 aliphatic rings. The Labute approximate surface area is 135 Å². The molecule has 3 rings (SSSR count). The molecule has 8 heteroatoms. The van der Waals surface area contributed by atoms with Gasteiger partial charge in [-0.3, -0.25) is 0 Å². The Kier molecular flexibility index (Phi) is 4.04. The van der Waals surface area contributed by atoms with Gasteiger partial charge in [0.1, 0.15) is 5.82 Å². The topological polar surface area (TPSA) is 56.0 Å². The average molecular weight is 333 g/mol. The van der Waals surface area contributed by atoms with E-state index in [9.17, 15) is 13.2 Å². The lowest BCUT2D eigenvalue weighted by Gasteiger charge is -2.10. The van der Waals surface area contributed by atoms with Crippen LogP contribution < -0.4 is 0 Å². The predicted molar refractivity (Wildman–Crippen MR) is 82.3 cm³/mol. The summed E-state index contributed by atoms with van der Waals surface area (Å²) in [5.41, 5.74) is 3.15. The van der Waals surface area contributed by atoms with Crippen LogP contribution in [0.15, 0.2) is 37.3 Å². The van der Waals surface area contributed by atoms with Gasteiger partial charge in [-0.25, -0.2) is 19.5 Å². The fourth-order valence-electron chi connectivity index (χ4n) is 2.30. The third-order valence-corrected chi connectivity index (χ3v) is 3.55. The number of alkyl halides is 3. The van der Waals surface area contributed by atoms with Crippen LogP contribution in [0.3, 0.4) is 0 Å². The Balaban J connectivity index is 1.84. The molecule has 0 radical (unpaired) electrons. The van der Waals surface area contributed by atoms with Crippen molar-refractivity contribution in [1.29, 1.82) is 0 Å². The minimum Gasteiger partial charge on any atom is -0.241 e. The fraction of sp³-hybridized carbons (Fsp3) is 0.250. The van der Waals surface area contributed by atoms with Crippen LogP contribution in [0.5, 0.6) is 0 Å². The van der Waals surface area contributed by atoms with Crippen LogP contribution in [-0.2, 0) is 6.42 Å². The van der Waals surface area contributed by atoms with Crippen LogP contribution >= 0.6 is 0 Å². The summed E-state index contributed by atoms with van der Waals surface area (Å²) >= 11 is 0. The molecule has 0 aromatic carbocycles. The van der Waals surface area contributed by atoms with Crippen LogP contribution in [-0.4, -0.2) is 30.7 Å². The molecule has 0 saturated heterocycles. The van der Waals surface area contributed by atoms with E-state index in [0.29, 0.717) is 28.2 Å². The molecule has 0 fully saturated rings. The van der Waals surface area contributed by atoms with Crippen molar-refractivity contribution >= 4 is 11.2 Å². The molecule has 0 unspecified atom stereocenters. The van der Waals surface area contributed by atoms with Crippen molar-refractivity contribution in [2.45, 2.75) is 25.9 Å². The van der Waals surface area contributed by atoms with Gasteiger partial charge in [-0.15, -0.1) is 0 Å². The lowest BCUT2D eigenvalue weighted by atomic mass is 10.0. The van der Waals surface area contributed by atoms with E-state index in [1.54, 1.807) is 36.0 Å². The van der Waals surface area contributed by atoms with Crippen LogP contribution in [0.25, 0.3) is 11.2 Å². The van der Waals surface area contributed by atoms with E-state index in [2.05, 4.69) is 26.6 Å². The van der Waals surface area contributed by atoms with E-state index in [1.165, 1.54) is 6.20 Å². The van der Waals surface area contributed by atoms with Crippen molar-refractivity contribution in [1.82, 2.24) is 24.6 Å². The van der Waals surface area contributed by atoms with Gasteiger partial charge in [0.15, 0.2) is 5.65 Å². The first-order valence-electron chi connectivity index (χ1n) is 7.23. The van der Waals surface area contributed by atoms with Gasteiger partial charge in [0.2, 0.25) is 0 Å². The van der Waals surface area contributed by atoms with E-state index in [1.807, 2.05) is 0 Å². The highest BCUT2D eigenvalue weighted by molar-refractivity contribution is 5.76. The molecule has 3 heterocycles. The largest absolute Gasteiger partial charge is 0.389 e. The SMILES string of the molecule is C=C(c1ccc2nccn2n1)c1cnc(CCC(F)(F)F)nc1C. The molecule has 0 spiro atoms. The predicted octanol–water partition coefficient (Wildman–Crippen LogP) is 3.38. The zero-order valence-corrected chi connectivity index (χ0v) is 12.9. The maximum Gasteiger partial charge on any atom is 0.389 e. The maximum atomic E-state index is 12.3. The van der Waals surface area contributed by atoms with E-state index >= 15 is 0 Å². The van der Waals surface area contributed by atoms with Gasteiger partial charge >= 0.3 is 6.18 Å². The summed E-state index contributed by atoms with van der Waals surface area (Å²) < 4.78 is 38.5. The van der Waals surface area contributed by atoms with Gasteiger partial charge in [-0.2, -0.15) is 18.3 Å². The molecule has 3 aromatic heterocycles. The number of aryl methyl sites for hydroxylation is 2. The minimum atomic E-state index is -4.22. The van der Waals surface area contributed by atoms with Crippen molar-refractivity contribution in [3.63, 3.8) is 0 Å². The number of rotatable bonds is 4. The molecule has 0 aliphatic heterocycles. The summed E-state index contributed by atoms with van der Waals surface area (Å²) in [6.07, 6.45) is -0.545. The first-order chi connectivity index (χ1) is 11.3. The number of fused-ring (bicyclic) bond motifs is 1. The summed E-state index contributed by atoms with van der Waals surface area (Å²) in [7, 11) is 0. The summed E-state index contributed by atoms with van der Waals surface area (Å²) in [5, 5.41) is 4.39. The van der Waals surface area contributed by atoms with Crippen LogP contribution in [0, 0.1) is 6.92 Å². The number of halogens is 3. The molecular formula is C16H14F3N5. The lowest BCUT2D eigenvalue weighted by Crippen LogP contribution is -2.11. The smallest absolute Gasteiger partial charge is 0.241 e. The molecule has 5 nitrogen and oxygen atoms in total. The van der Waals surface area contributed by atoms with E-state index < -0.39 is 12.6 Å². The number of nitrogens with zero attached hydrogens (tertiary/aromatic N) is 5. The van der Waals surface area contributed by atoms with Gasteiger partial charge < -0.3 is 0 Å². The standard InChI is InChI=1S/C16H14F3N5/c1-10(13-3-4-15-20-7-8-24(15)23-13)12-9-21-14(22-11(12)2)5-6-16(17,18)19/h3-4,7-9H,1,5-6H2,2H3. The monoisotopic (exact) mass is 333 g/mol. The highest BCUT2D eigenvalue weighted by Gasteiger charge is 2.27. The molecule has 24 heavy (non-hydrogen) atoms. The third-order valence-electron chi connectivity index (χ3n) is 3.55. The van der Waals surface area contributed by atoms with Gasteiger partial charge in [0.25, 0.3) is 0 Å². The first kappa shape index (κ1) is 16.1. The Hall–Kier alpha value is -2.77. The zero-order chi connectivity index (χ0) is 17.3. The highest BCUT2D eigenvalue weighted by Crippen LogP contribution is 2.24. The molecule has 0 bridgehead atoms. The van der Waals surface area contributed by atoms with Crippen molar-refractivity contribution in [2.75, 3.05) is 0 Å². The van der Waals surface area contributed by atoms with Gasteiger partial charge in [-0.05, 0) is 19.1 Å².